The number of fused-ring (bicyclic) bond motifs is 5. The minimum absolute atomic E-state index is 0.0354. The number of unbranched alkanes of at least 4 members (excludes halogenated alkanes) is 1. The number of carbonyl (C=O) groups excluding carboxylic acids is 3. The van der Waals surface area contributed by atoms with Gasteiger partial charge in [0.15, 0.2) is 0 Å². The van der Waals surface area contributed by atoms with E-state index in [1.165, 1.54) is 0 Å². The number of hydrogen-bond donors (Lipinski definition) is 1. The zero-order valence-electron chi connectivity index (χ0n) is 24.3. The number of aliphatic hydroxyl groups is 1. The molecule has 0 heterocycles. The molecule has 0 spiro atoms. The Bertz CT molecular complexity index is 867. The fourth-order valence-electron chi connectivity index (χ4n) is 9.95. The highest BCUT2D eigenvalue weighted by atomic mass is 16.5. The van der Waals surface area contributed by atoms with Crippen LogP contribution in [0.5, 0.6) is 0 Å². The lowest BCUT2D eigenvalue weighted by Gasteiger charge is -2.64. The van der Waals surface area contributed by atoms with Crippen molar-refractivity contribution in [2.75, 3.05) is 6.61 Å². The molecule has 4 fully saturated rings. The van der Waals surface area contributed by atoms with E-state index in [0.717, 1.165) is 64.2 Å². The van der Waals surface area contributed by atoms with Crippen molar-refractivity contribution in [1.82, 2.24) is 0 Å². The van der Waals surface area contributed by atoms with Crippen LogP contribution in [-0.4, -0.2) is 35.4 Å². The molecule has 210 valence electrons. The lowest BCUT2D eigenvalue weighted by Crippen LogP contribution is -2.61. The Balaban J connectivity index is 1.54. The van der Waals surface area contributed by atoms with Gasteiger partial charge >= 0.3 is 5.97 Å². The summed E-state index contributed by atoms with van der Waals surface area (Å²) >= 11 is 0. The molecular formula is C32H52O5. The molecule has 4 aliphatic carbocycles. The third-order valence-electron chi connectivity index (χ3n) is 12.2. The largest absolute Gasteiger partial charge is 0.466 e. The van der Waals surface area contributed by atoms with Gasteiger partial charge in [-0.1, -0.05) is 34.1 Å². The SMILES string of the molecule is CCCCOC(=O)CC[C@@H](C)[C@H]1CC[C@H]2[C@@H]3[C@H](C(C)=O)CC4C[C@H](C(C)=O)CC[C@]4(C)[C@H]3C[C@H](O)[C@]12C. The molecule has 4 saturated carbocycles. The topological polar surface area (TPSA) is 80.7 Å². The number of hydrogen-bond acceptors (Lipinski definition) is 5. The van der Waals surface area contributed by atoms with Gasteiger partial charge in [0.05, 0.1) is 12.7 Å². The lowest BCUT2D eigenvalue weighted by molar-refractivity contribution is -0.191. The zero-order chi connectivity index (χ0) is 27.1. The minimum Gasteiger partial charge on any atom is -0.466 e. The van der Waals surface area contributed by atoms with E-state index in [4.69, 9.17) is 4.74 Å². The van der Waals surface area contributed by atoms with E-state index in [1.807, 2.05) is 0 Å². The maximum atomic E-state index is 13.1. The van der Waals surface area contributed by atoms with Crippen molar-refractivity contribution in [3.05, 3.63) is 0 Å². The molecule has 1 unspecified atom stereocenters. The van der Waals surface area contributed by atoms with E-state index in [9.17, 15) is 19.5 Å². The number of rotatable bonds is 9. The summed E-state index contributed by atoms with van der Waals surface area (Å²) in [6, 6.07) is 0. The summed E-state index contributed by atoms with van der Waals surface area (Å²) in [5.41, 5.74) is -0.128. The maximum Gasteiger partial charge on any atom is 0.305 e. The highest BCUT2D eigenvalue weighted by molar-refractivity contribution is 5.79. The van der Waals surface area contributed by atoms with Crippen LogP contribution >= 0.6 is 0 Å². The molecule has 0 saturated heterocycles. The van der Waals surface area contributed by atoms with Gasteiger partial charge in [0.2, 0.25) is 0 Å². The number of Topliss-reactive ketones (excluding diaryl/α,β-unsaturated/α-hetero) is 2. The molecule has 37 heavy (non-hydrogen) atoms. The second-order valence-corrected chi connectivity index (χ2v) is 13.9. The first kappa shape index (κ1) is 28.8. The fraction of sp³-hybridized carbons (Fsp3) is 0.906. The molecular weight excluding hydrogens is 464 g/mol. The third-order valence-corrected chi connectivity index (χ3v) is 12.2. The molecule has 1 N–H and O–H groups in total. The minimum atomic E-state index is -0.390. The summed E-state index contributed by atoms with van der Waals surface area (Å²) < 4.78 is 5.40. The Morgan fingerprint density at radius 3 is 2.38 bits per heavy atom. The summed E-state index contributed by atoms with van der Waals surface area (Å²) in [4.78, 5) is 37.7. The molecule has 0 aliphatic heterocycles. The highest BCUT2D eigenvalue weighted by Crippen LogP contribution is 2.70. The number of ketones is 2. The van der Waals surface area contributed by atoms with Crippen LogP contribution in [0.15, 0.2) is 0 Å². The van der Waals surface area contributed by atoms with Crippen LogP contribution in [0.4, 0.5) is 0 Å². The summed E-state index contributed by atoms with van der Waals surface area (Å²) in [5.74, 6) is 2.71. The maximum absolute atomic E-state index is 13.1. The highest BCUT2D eigenvalue weighted by Gasteiger charge is 2.66. The van der Waals surface area contributed by atoms with Gasteiger partial charge in [-0.2, -0.15) is 0 Å². The lowest BCUT2D eigenvalue weighted by atomic mass is 9.41. The molecule has 0 amide bonds. The van der Waals surface area contributed by atoms with Crippen molar-refractivity contribution in [2.24, 2.45) is 58.2 Å². The first-order chi connectivity index (χ1) is 17.4. The predicted octanol–water partition coefficient (Wildman–Crippen LogP) is 6.40. The Hall–Kier alpha value is -1.23. The van der Waals surface area contributed by atoms with E-state index in [0.29, 0.717) is 60.1 Å². The average Bonchev–Trinajstić information content (AvgIpc) is 3.21. The van der Waals surface area contributed by atoms with E-state index in [-0.39, 0.29) is 34.7 Å². The smallest absolute Gasteiger partial charge is 0.305 e. The molecule has 4 aliphatic rings. The molecule has 5 nitrogen and oxygen atoms in total. The second-order valence-electron chi connectivity index (χ2n) is 13.9. The Morgan fingerprint density at radius 2 is 1.73 bits per heavy atom. The summed E-state index contributed by atoms with van der Waals surface area (Å²) in [7, 11) is 0. The third kappa shape index (κ3) is 5.08. The fourth-order valence-corrected chi connectivity index (χ4v) is 9.95. The second kappa shape index (κ2) is 11.1. The molecule has 0 aromatic heterocycles. The van der Waals surface area contributed by atoms with Crippen LogP contribution in [-0.2, 0) is 19.1 Å². The monoisotopic (exact) mass is 516 g/mol. The van der Waals surface area contributed by atoms with Gasteiger partial charge in [0.25, 0.3) is 0 Å². The van der Waals surface area contributed by atoms with Crippen LogP contribution in [0.25, 0.3) is 0 Å². The molecule has 0 radical (unpaired) electrons. The first-order valence-corrected chi connectivity index (χ1v) is 15.3. The van der Waals surface area contributed by atoms with Crippen molar-refractivity contribution in [3.63, 3.8) is 0 Å². The zero-order valence-corrected chi connectivity index (χ0v) is 24.3. The van der Waals surface area contributed by atoms with Gasteiger partial charge in [-0.25, -0.2) is 0 Å². The van der Waals surface area contributed by atoms with Gasteiger partial charge in [-0.05, 0) is 118 Å². The van der Waals surface area contributed by atoms with Crippen molar-refractivity contribution in [3.8, 4) is 0 Å². The predicted molar refractivity (Wildman–Crippen MR) is 145 cm³/mol. The Labute approximate surface area is 224 Å². The van der Waals surface area contributed by atoms with Gasteiger partial charge in [-0.3, -0.25) is 14.4 Å². The standard InChI is InChI=1S/C32H52O5/c1-7-8-15-37-29(36)12-9-19(2)25-10-11-26-30-24(21(4)34)17-23-16-22(20(3)33)13-14-31(23,5)27(30)18-28(35)32(25,26)6/h19,22-28,30,35H,7-18H2,1-6H3/t19-,22-,23?,24+,25-,26+,27+,28+,30+,31+,32-/m1/s1. The Morgan fingerprint density at radius 1 is 1.00 bits per heavy atom. The quantitative estimate of drug-likeness (QED) is 0.283. The van der Waals surface area contributed by atoms with E-state index in [1.54, 1.807) is 13.8 Å². The van der Waals surface area contributed by atoms with Gasteiger partial charge in [0.1, 0.15) is 11.6 Å². The van der Waals surface area contributed by atoms with Crippen LogP contribution in [0.3, 0.4) is 0 Å². The van der Waals surface area contributed by atoms with Gasteiger partial charge < -0.3 is 9.84 Å². The summed E-state index contributed by atoms with van der Waals surface area (Å²) in [6.45, 7) is 13.1. The van der Waals surface area contributed by atoms with Crippen LogP contribution in [0.1, 0.15) is 112 Å². The van der Waals surface area contributed by atoms with Gasteiger partial charge in [0, 0.05) is 18.3 Å². The molecule has 5 heteroatoms. The van der Waals surface area contributed by atoms with Gasteiger partial charge in [-0.15, -0.1) is 0 Å². The Kier molecular flexibility index (Phi) is 8.63. The van der Waals surface area contributed by atoms with Crippen molar-refractivity contribution < 1.29 is 24.2 Å². The number of esters is 1. The van der Waals surface area contributed by atoms with Crippen LogP contribution in [0, 0.1) is 58.2 Å². The molecule has 0 aromatic carbocycles. The molecule has 4 rings (SSSR count). The van der Waals surface area contributed by atoms with Crippen LogP contribution in [0.2, 0.25) is 0 Å². The average molecular weight is 517 g/mol. The van der Waals surface area contributed by atoms with E-state index >= 15 is 0 Å². The van der Waals surface area contributed by atoms with Crippen molar-refractivity contribution >= 4 is 17.5 Å². The molecule has 0 aromatic rings. The van der Waals surface area contributed by atoms with Crippen molar-refractivity contribution in [1.29, 1.82) is 0 Å². The number of aliphatic hydroxyl groups excluding tert-OH is 1. The number of carbonyl (C=O) groups is 3. The first-order valence-electron chi connectivity index (χ1n) is 15.3. The number of ether oxygens (including phenoxy) is 1. The van der Waals surface area contributed by atoms with E-state index < -0.39 is 0 Å². The summed E-state index contributed by atoms with van der Waals surface area (Å²) in [6.07, 6.45) is 9.45. The van der Waals surface area contributed by atoms with Crippen LogP contribution < -0.4 is 0 Å². The molecule has 0 bridgehead atoms. The normalized spacial score (nSPS) is 43.8. The van der Waals surface area contributed by atoms with Crippen molar-refractivity contribution in [2.45, 2.75) is 118 Å². The molecule has 11 atom stereocenters. The summed E-state index contributed by atoms with van der Waals surface area (Å²) in [5, 5.41) is 11.9. The van der Waals surface area contributed by atoms with E-state index in [2.05, 4.69) is 27.7 Å².